The van der Waals surface area contributed by atoms with Gasteiger partial charge in [0.05, 0.1) is 12.5 Å². The van der Waals surface area contributed by atoms with Crippen LogP contribution in [-0.4, -0.2) is 80.4 Å². The molecule has 5 atom stereocenters. The number of aliphatic hydroxyl groups is 1. The number of phenols is 1. The number of aromatic hydroxyl groups is 1. The van der Waals surface area contributed by atoms with Gasteiger partial charge in [0.1, 0.15) is 29.9 Å². The summed E-state index contributed by atoms with van der Waals surface area (Å²) in [6.45, 7) is 4.36. The van der Waals surface area contributed by atoms with Gasteiger partial charge in [-0.05, 0) is 30.5 Å². The number of hydrogen-bond donors (Lipinski definition) is 8. The van der Waals surface area contributed by atoms with Crippen molar-refractivity contribution in [3.63, 3.8) is 0 Å². The largest absolute Gasteiger partial charge is 0.508 e. The topological polar surface area (TPSA) is 228 Å². The number of amides is 3. The molecule has 0 aliphatic carbocycles. The zero-order valence-electron chi connectivity index (χ0n) is 19.6. The molecule has 1 rings (SSSR count). The van der Waals surface area contributed by atoms with Crippen LogP contribution in [0.5, 0.6) is 5.75 Å². The summed E-state index contributed by atoms with van der Waals surface area (Å²) in [5.74, 6) is -6.17. The standard InChI is InChI=1S/C22H32N4O9/c1-10(2)18(22(34)35)26-20(32)15(9-16(29)30)24-19(31)14(25-21(33)17(23)11(3)27)8-12-4-6-13(28)7-5-12/h4-7,10-11,14-15,17-18,27-28H,8-9,23H2,1-3H3,(H,24,31)(H,25,33)(H,26,32)(H,29,30)(H,34,35). The molecule has 3 amide bonds. The lowest BCUT2D eigenvalue weighted by Gasteiger charge is -2.26. The monoisotopic (exact) mass is 496 g/mol. The fourth-order valence-electron chi connectivity index (χ4n) is 2.99. The Morgan fingerprint density at radius 2 is 1.37 bits per heavy atom. The molecule has 0 heterocycles. The third-order valence-corrected chi connectivity index (χ3v) is 5.07. The van der Waals surface area contributed by atoms with Gasteiger partial charge in [-0.25, -0.2) is 4.79 Å². The molecule has 0 aliphatic rings. The smallest absolute Gasteiger partial charge is 0.326 e. The average molecular weight is 497 g/mol. The molecule has 0 aliphatic heterocycles. The Kier molecular flexibility index (Phi) is 11.1. The normalized spacial score (nSPS) is 15.3. The van der Waals surface area contributed by atoms with Crippen molar-refractivity contribution in [2.45, 2.75) is 63.9 Å². The van der Waals surface area contributed by atoms with Crippen molar-refractivity contribution in [3.05, 3.63) is 29.8 Å². The van der Waals surface area contributed by atoms with E-state index in [9.17, 15) is 44.4 Å². The van der Waals surface area contributed by atoms with E-state index >= 15 is 0 Å². The zero-order valence-corrected chi connectivity index (χ0v) is 19.6. The first-order chi connectivity index (χ1) is 16.2. The minimum Gasteiger partial charge on any atom is -0.508 e. The molecule has 0 saturated heterocycles. The maximum Gasteiger partial charge on any atom is 0.326 e. The summed E-state index contributed by atoms with van der Waals surface area (Å²) < 4.78 is 0. The van der Waals surface area contributed by atoms with Crippen LogP contribution in [0.15, 0.2) is 24.3 Å². The number of benzene rings is 1. The lowest BCUT2D eigenvalue weighted by molar-refractivity contribution is -0.144. The average Bonchev–Trinajstić information content (AvgIpc) is 2.76. The summed E-state index contributed by atoms with van der Waals surface area (Å²) in [5, 5.41) is 44.3. The second-order valence-corrected chi connectivity index (χ2v) is 8.43. The number of aliphatic carboxylic acids is 2. The lowest BCUT2D eigenvalue weighted by Crippen LogP contribution is -2.59. The summed E-state index contributed by atoms with van der Waals surface area (Å²) in [4.78, 5) is 60.8. The van der Waals surface area contributed by atoms with Crippen molar-refractivity contribution < 1.29 is 44.4 Å². The molecule has 1 aromatic carbocycles. The van der Waals surface area contributed by atoms with E-state index < -0.39 is 72.3 Å². The van der Waals surface area contributed by atoms with Crippen LogP contribution in [0.3, 0.4) is 0 Å². The van der Waals surface area contributed by atoms with E-state index in [1.54, 1.807) is 13.8 Å². The van der Waals surface area contributed by atoms with Crippen LogP contribution in [0.1, 0.15) is 32.8 Å². The van der Waals surface area contributed by atoms with Crippen LogP contribution in [0.2, 0.25) is 0 Å². The third kappa shape index (κ3) is 9.59. The van der Waals surface area contributed by atoms with Gasteiger partial charge >= 0.3 is 11.9 Å². The van der Waals surface area contributed by atoms with Gasteiger partial charge in [0.15, 0.2) is 0 Å². The van der Waals surface area contributed by atoms with Crippen LogP contribution < -0.4 is 21.7 Å². The predicted octanol–water partition coefficient (Wildman–Crippen LogP) is -1.69. The SMILES string of the molecule is CC(C)C(NC(=O)C(CC(=O)O)NC(=O)C(Cc1ccc(O)cc1)NC(=O)C(N)C(C)O)C(=O)O. The van der Waals surface area contributed by atoms with E-state index in [1.165, 1.54) is 31.2 Å². The summed E-state index contributed by atoms with van der Waals surface area (Å²) in [6, 6.07) is -0.0154. The summed E-state index contributed by atoms with van der Waals surface area (Å²) in [6.07, 6.45) is -2.22. The summed E-state index contributed by atoms with van der Waals surface area (Å²) in [7, 11) is 0. The molecule has 13 nitrogen and oxygen atoms in total. The van der Waals surface area contributed by atoms with Crippen molar-refractivity contribution >= 4 is 29.7 Å². The fourth-order valence-corrected chi connectivity index (χ4v) is 2.99. The molecule has 0 aromatic heterocycles. The highest BCUT2D eigenvalue weighted by molar-refractivity contribution is 5.95. The molecule has 1 aromatic rings. The molecule has 0 bridgehead atoms. The minimum absolute atomic E-state index is 0.0359. The van der Waals surface area contributed by atoms with Gasteiger partial charge in [0.2, 0.25) is 17.7 Å². The van der Waals surface area contributed by atoms with E-state index in [4.69, 9.17) is 5.73 Å². The number of nitrogens with two attached hydrogens (primary N) is 1. The number of carbonyl (C=O) groups is 5. The van der Waals surface area contributed by atoms with E-state index in [0.717, 1.165) is 0 Å². The Morgan fingerprint density at radius 1 is 0.857 bits per heavy atom. The highest BCUT2D eigenvalue weighted by Gasteiger charge is 2.33. The Labute approximate surface area is 201 Å². The number of nitrogens with one attached hydrogen (secondary N) is 3. The number of rotatable bonds is 13. The van der Waals surface area contributed by atoms with Gasteiger partial charge in [-0.2, -0.15) is 0 Å². The van der Waals surface area contributed by atoms with Gasteiger partial charge in [-0.1, -0.05) is 26.0 Å². The second-order valence-electron chi connectivity index (χ2n) is 8.43. The molecule has 0 spiro atoms. The lowest BCUT2D eigenvalue weighted by atomic mass is 10.0. The number of hydrogen-bond acceptors (Lipinski definition) is 8. The predicted molar refractivity (Wildman–Crippen MR) is 122 cm³/mol. The number of phenolic OH excluding ortho intramolecular Hbond substituents is 1. The molecule has 5 unspecified atom stereocenters. The van der Waals surface area contributed by atoms with Crippen molar-refractivity contribution in [2.24, 2.45) is 11.7 Å². The summed E-state index contributed by atoms with van der Waals surface area (Å²) >= 11 is 0. The van der Waals surface area contributed by atoms with Gasteiger partial charge in [-0.3, -0.25) is 19.2 Å². The molecule has 0 saturated carbocycles. The van der Waals surface area contributed by atoms with Gasteiger partial charge in [0.25, 0.3) is 0 Å². The number of aliphatic hydroxyl groups excluding tert-OH is 1. The van der Waals surface area contributed by atoms with Crippen molar-refractivity contribution in [2.75, 3.05) is 0 Å². The first-order valence-electron chi connectivity index (χ1n) is 10.8. The molecule has 194 valence electrons. The Bertz CT molecular complexity index is 918. The van der Waals surface area contributed by atoms with Crippen LogP contribution in [-0.2, 0) is 30.4 Å². The van der Waals surface area contributed by atoms with Gasteiger partial charge in [-0.15, -0.1) is 0 Å². The fraction of sp³-hybridized carbons (Fsp3) is 0.500. The number of carboxylic acids is 2. The van der Waals surface area contributed by atoms with Crippen molar-refractivity contribution in [1.82, 2.24) is 16.0 Å². The maximum absolute atomic E-state index is 13.0. The quantitative estimate of drug-likeness (QED) is 0.154. The highest BCUT2D eigenvalue weighted by atomic mass is 16.4. The first-order valence-corrected chi connectivity index (χ1v) is 10.8. The summed E-state index contributed by atoms with van der Waals surface area (Å²) in [5.41, 5.74) is 6.12. The molecule has 9 N–H and O–H groups in total. The Morgan fingerprint density at radius 3 is 1.83 bits per heavy atom. The molecular weight excluding hydrogens is 464 g/mol. The van der Waals surface area contributed by atoms with Crippen LogP contribution >= 0.6 is 0 Å². The van der Waals surface area contributed by atoms with Crippen LogP contribution in [0.4, 0.5) is 0 Å². The zero-order chi connectivity index (χ0) is 26.9. The van der Waals surface area contributed by atoms with Crippen molar-refractivity contribution in [3.8, 4) is 5.75 Å². The minimum atomic E-state index is -1.65. The third-order valence-electron chi connectivity index (χ3n) is 5.07. The van der Waals surface area contributed by atoms with Crippen LogP contribution in [0, 0.1) is 5.92 Å². The van der Waals surface area contributed by atoms with E-state index in [2.05, 4.69) is 16.0 Å². The Balaban J connectivity index is 3.16. The van der Waals surface area contributed by atoms with Crippen molar-refractivity contribution in [1.29, 1.82) is 0 Å². The van der Waals surface area contributed by atoms with E-state index in [1.807, 2.05) is 0 Å². The van der Waals surface area contributed by atoms with E-state index in [0.29, 0.717) is 5.56 Å². The Hall–Kier alpha value is -3.71. The maximum atomic E-state index is 13.0. The number of carboxylic acid groups (broad SMARTS) is 2. The first kappa shape index (κ1) is 29.3. The van der Waals surface area contributed by atoms with E-state index in [-0.39, 0.29) is 12.2 Å². The second kappa shape index (κ2) is 13.2. The molecule has 0 fully saturated rings. The van der Waals surface area contributed by atoms with Gasteiger partial charge < -0.3 is 42.1 Å². The molecule has 0 radical (unpaired) electrons. The highest BCUT2D eigenvalue weighted by Crippen LogP contribution is 2.12. The molecule has 35 heavy (non-hydrogen) atoms. The number of carbonyl (C=O) groups excluding carboxylic acids is 3. The van der Waals surface area contributed by atoms with Crippen LogP contribution in [0.25, 0.3) is 0 Å². The molecular formula is C22H32N4O9. The molecule has 13 heteroatoms. The van der Waals surface area contributed by atoms with Gasteiger partial charge in [0, 0.05) is 6.42 Å².